The summed E-state index contributed by atoms with van der Waals surface area (Å²) in [6, 6.07) is 7.06. The Labute approximate surface area is 138 Å². The van der Waals surface area contributed by atoms with E-state index in [1.165, 1.54) is 6.42 Å². The molecule has 1 aromatic rings. The van der Waals surface area contributed by atoms with Crippen molar-refractivity contribution in [3.63, 3.8) is 0 Å². The van der Waals surface area contributed by atoms with E-state index in [9.17, 15) is 8.42 Å². The van der Waals surface area contributed by atoms with Crippen molar-refractivity contribution >= 4 is 15.7 Å². The largest absolute Gasteiger partial charge is 0.384 e. The fourth-order valence-electron chi connectivity index (χ4n) is 3.04. The fourth-order valence-corrected chi connectivity index (χ4v) is 4.33. The van der Waals surface area contributed by atoms with Crippen LogP contribution >= 0.6 is 0 Å². The molecule has 1 fully saturated rings. The van der Waals surface area contributed by atoms with Crippen molar-refractivity contribution in [1.29, 1.82) is 0 Å². The van der Waals surface area contributed by atoms with Crippen molar-refractivity contribution in [3.8, 4) is 0 Å². The predicted molar refractivity (Wildman–Crippen MR) is 93.6 cm³/mol. The van der Waals surface area contributed by atoms with Crippen LogP contribution in [0.1, 0.15) is 32.1 Å². The van der Waals surface area contributed by atoms with Gasteiger partial charge in [-0.15, -0.1) is 0 Å². The zero-order valence-electron chi connectivity index (χ0n) is 13.3. The molecular formula is C18H24N2O2S. The highest BCUT2D eigenvalue weighted by Crippen LogP contribution is 2.44. The lowest BCUT2D eigenvalue weighted by Crippen LogP contribution is -2.25. The smallest absolute Gasteiger partial charge is 0.263 e. The van der Waals surface area contributed by atoms with Gasteiger partial charge in [0.1, 0.15) is 4.90 Å². The van der Waals surface area contributed by atoms with E-state index in [-0.39, 0.29) is 5.92 Å². The molecule has 4 nitrogen and oxygen atoms in total. The molecule has 0 amide bonds. The number of fused-ring (bicyclic) bond motifs is 2. The van der Waals surface area contributed by atoms with E-state index in [0.29, 0.717) is 22.2 Å². The Morgan fingerprint density at radius 3 is 2.83 bits per heavy atom. The second kappa shape index (κ2) is 6.79. The number of nitrogens with one attached hydrogen (secondary N) is 2. The summed E-state index contributed by atoms with van der Waals surface area (Å²) in [5.41, 5.74) is 1.26. The Morgan fingerprint density at radius 1 is 1.13 bits per heavy atom. The van der Waals surface area contributed by atoms with Gasteiger partial charge in [-0.25, -0.2) is 8.42 Å². The molecule has 2 N–H and O–H groups in total. The van der Waals surface area contributed by atoms with E-state index >= 15 is 0 Å². The van der Waals surface area contributed by atoms with Crippen LogP contribution in [0.2, 0.25) is 0 Å². The van der Waals surface area contributed by atoms with Crippen LogP contribution in [0.5, 0.6) is 0 Å². The third-order valence-electron chi connectivity index (χ3n) is 4.48. The molecule has 1 aromatic carbocycles. The molecule has 1 heterocycles. The molecule has 2 aliphatic rings. The van der Waals surface area contributed by atoms with Crippen LogP contribution in [-0.4, -0.2) is 15.0 Å². The van der Waals surface area contributed by atoms with E-state index in [1.807, 2.05) is 12.1 Å². The number of para-hydroxylation sites is 1. The van der Waals surface area contributed by atoms with Crippen LogP contribution < -0.4 is 10.0 Å². The van der Waals surface area contributed by atoms with Crippen LogP contribution in [0.15, 0.2) is 53.6 Å². The van der Waals surface area contributed by atoms with E-state index in [1.54, 1.807) is 12.1 Å². The maximum atomic E-state index is 12.7. The number of hydrogen-bond acceptors (Lipinski definition) is 3. The van der Waals surface area contributed by atoms with Gasteiger partial charge in [-0.1, -0.05) is 37.3 Å². The van der Waals surface area contributed by atoms with Crippen LogP contribution in [0, 0.1) is 11.8 Å². The summed E-state index contributed by atoms with van der Waals surface area (Å²) in [4.78, 5) is 0.295. The minimum Gasteiger partial charge on any atom is -0.384 e. The summed E-state index contributed by atoms with van der Waals surface area (Å²) in [7, 11) is -3.59. The number of allylic oxidation sites excluding steroid dienone is 3. The Bertz CT molecular complexity index is 709. The van der Waals surface area contributed by atoms with Crippen molar-refractivity contribution < 1.29 is 8.42 Å². The Kier molecular flexibility index (Phi) is 4.76. The summed E-state index contributed by atoms with van der Waals surface area (Å²) in [6.07, 6.45) is 9.88. The highest BCUT2D eigenvalue weighted by molar-refractivity contribution is 7.89. The van der Waals surface area contributed by atoms with Gasteiger partial charge in [0, 0.05) is 18.2 Å². The monoisotopic (exact) mass is 332 g/mol. The maximum absolute atomic E-state index is 12.7. The van der Waals surface area contributed by atoms with Gasteiger partial charge in [-0.05, 0) is 43.7 Å². The summed E-state index contributed by atoms with van der Waals surface area (Å²) in [6.45, 7) is 4.73. The van der Waals surface area contributed by atoms with Gasteiger partial charge in [0.15, 0.2) is 0 Å². The summed E-state index contributed by atoms with van der Waals surface area (Å²) >= 11 is 0. The fraction of sp³-hybridized carbons (Fsp3) is 0.444. The van der Waals surface area contributed by atoms with Crippen LogP contribution in [0.4, 0.5) is 5.69 Å². The van der Waals surface area contributed by atoms with Gasteiger partial charge < -0.3 is 5.32 Å². The van der Waals surface area contributed by atoms with Gasteiger partial charge in [0.2, 0.25) is 0 Å². The first kappa shape index (κ1) is 16.1. The molecule has 5 heteroatoms. The second-order valence-electron chi connectivity index (χ2n) is 6.34. The number of sulfonamides is 1. The van der Waals surface area contributed by atoms with Gasteiger partial charge in [-0.2, -0.15) is 0 Å². The number of benzene rings is 1. The first-order valence-corrected chi connectivity index (χ1v) is 9.77. The molecular weight excluding hydrogens is 308 g/mol. The molecule has 1 aliphatic carbocycles. The summed E-state index contributed by atoms with van der Waals surface area (Å²) < 4.78 is 28.0. The van der Waals surface area contributed by atoms with Crippen molar-refractivity contribution in [3.05, 3.63) is 48.7 Å². The molecule has 1 saturated carbocycles. The van der Waals surface area contributed by atoms with Gasteiger partial charge >= 0.3 is 0 Å². The zero-order chi connectivity index (χ0) is 16.3. The van der Waals surface area contributed by atoms with Crippen molar-refractivity contribution in [1.82, 2.24) is 4.72 Å². The summed E-state index contributed by atoms with van der Waals surface area (Å²) in [5, 5.41) is 3.26. The molecule has 0 radical (unpaired) electrons. The van der Waals surface area contributed by atoms with Crippen LogP contribution in [0.3, 0.4) is 0 Å². The quantitative estimate of drug-likeness (QED) is 0.713. The van der Waals surface area contributed by atoms with Gasteiger partial charge in [-0.3, -0.25) is 4.72 Å². The molecule has 0 bridgehead atoms. The first-order chi connectivity index (χ1) is 11.1. The lowest BCUT2D eigenvalue weighted by atomic mass is 10.1. The molecule has 0 aromatic heterocycles. The lowest BCUT2D eigenvalue weighted by Gasteiger charge is -2.15. The highest BCUT2D eigenvalue weighted by atomic mass is 32.2. The normalized spacial score (nSPS) is 28.8. The summed E-state index contributed by atoms with van der Waals surface area (Å²) in [5.74, 6) is 0.662. The average molecular weight is 332 g/mol. The molecule has 1 aliphatic heterocycles. The average Bonchev–Trinajstić information content (AvgIpc) is 3.29. The molecule has 23 heavy (non-hydrogen) atoms. The zero-order valence-corrected chi connectivity index (χ0v) is 14.1. The van der Waals surface area contributed by atoms with Gasteiger partial charge in [0.05, 0.1) is 5.69 Å². The topological polar surface area (TPSA) is 58.2 Å². The standard InChI is InChI=1S/C18H24N2O2S/c1-14-16-13-15(16)9-5-3-2-4-8-12-19-17-10-6-7-11-18(17)23(21,22)20-14/h5-7,9-11,15-16,19-20H,1-4,8,12-13H2/b9-5-/t15?,16-/m1/s1. The van der Waals surface area contributed by atoms with Crippen molar-refractivity contribution in [2.75, 3.05) is 11.9 Å². The van der Waals surface area contributed by atoms with Gasteiger partial charge in [0.25, 0.3) is 10.0 Å². The highest BCUT2D eigenvalue weighted by Gasteiger charge is 2.38. The SMILES string of the molecule is C=C1NS(=O)(=O)c2ccccc2NCCCCC/C=C\C2C[C@H]12. The number of anilines is 1. The first-order valence-electron chi connectivity index (χ1n) is 8.29. The second-order valence-corrected chi connectivity index (χ2v) is 7.99. The Morgan fingerprint density at radius 2 is 1.96 bits per heavy atom. The van der Waals surface area contributed by atoms with Crippen molar-refractivity contribution in [2.45, 2.75) is 37.0 Å². The van der Waals surface area contributed by atoms with E-state index in [4.69, 9.17) is 0 Å². The molecule has 0 saturated heterocycles. The minimum absolute atomic E-state index is 0.228. The van der Waals surface area contributed by atoms with Crippen LogP contribution in [-0.2, 0) is 10.0 Å². The molecule has 0 spiro atoms. The number of rotatable bonds is 0. The van der Waals surface area contributed by atoms with E-state index in [0.717, 1.165) is 32.2 Å². The molecule has 124 valence electrons. The van der Waals surface area contributed by atoms with E-state index < -0.39 is 10.0 Å². The van der Waals surface area contributed by atoms with Crippen LogP contribution in [0.25, 0.3) is 0 Å². The third kappa shape index (κ3) is 3.96. The maximum Gasteiger partial charge on any atom is 0.263 e. The molecule has 1 unspecified atom stereocenters. The third-order valence-corrected chi connectivity index (χ3v) is 5.94. The molecule has 3 rings (SSSR count). The Balaban J connectivity index is 1.84. The molecule has 2 atom stereocenters. The Hall–Kier alpha value is -1.75. The van der Waals surface area contributed by atoms with Crippen molar-refractivity contribution in [2.24, 2.45) is 11.8 Å². The predicted octanol–water partition coefficient (Wildman–Crippen LogP) is 3.66. The number of hydrogen-bond donors (Lipinski definition) is 2. The lowest BCUT2D eigenvalue weighted by molar-refractivity contribution is 0.586. The minimum atomic E-state index is -3.59. The van der Waals surface area contributed by atoms with E-state index in [2.05, 4.69) is 28.8 Å².